The van der Waals surface area contributed by atoms with Gasteiger partial charge in [-0.15, -0.1) is 0 Å². The Morgan fingerprint density at radius 2 is 2.14 bits per heavy atom. The van der Waals surface area contributed by atoms with Crippen LogP contribution in [-0.4, -0.2) is 35.1 Å². The van der Waals surface area contributed by atoms with Gasteiger partial charge in [-0.3, -0.25) is 9.78 Å². The maximum atomic E-state index is 12.3. The van der Waals surface area contributed by atoms with E-state index in [2.05, 4.69) is 20.9 Å². The highest BCUT2D eigenvalue weighted by atomic mass is 79.9. The molecule has 0 fully saturated rings. The highest BCUT2D eigenvalue weighted by Crippen LogP contribution is 2.24. The molecule has 1 N–H and O–H groups in total. The van der Waals surface area contributed by atoms with Crippen molar-refractivity contribution < 1.29 is 14.6 Å². The van der Waals surface area contributed by atoms with Crippen LogP contribution < -0.4 is 4.74 Å². The average molecular weight is 351 g/mol. The Kier molecular flexibility index (Phi) is 4.80. The fourth-order valence-electron chi connectivity index (χ4n) is 1.96. The average Bonchev–Trinajstić information content (AvgIpc) is 2.46. The van der Waals surface area contributed by atoms with E-state index >= 15 is 0 Å². The van der Waals surface area contributed by atoms with E-state index < -0.39 is 0 Å². The molecule has 0 saturated carbocycles. The largest absolute Gasteiger partial charge is 0.506 e. The molecule has 0 bridgehead atoms. The van der Waals surface area contributed by atoms with Gasteiger partial charge in [0.15, 0.2) is 0 Å². The zero-order valence-electron chi connectivity index (χ0n) is 11.7. The van der Waals surface area contributed by atoms with Gasteiger partial charge in [0, 0.05) is 29.8 Å². The fraction of sp³-hybridized carbons (Fsp3) is 0.200. The van der Waals surface area contributed by atoms with Gasteiger partial charge in [-0.25, -0.2) is 0 Å². The van der Waals surface area contributed by atoms with Gasteiger partial charge in [0.25, 0.3) is 5.91 Å². The molecule has 0 radical (unpaired) electrons. The molecule has 1 aromatic carbocycles. The molecular formula is C15H15BrN2O3. The lowest BCUT2D eigenvalue weighted by molar-refractivity contribution is 0.0783. The molecule has 2 rings (SSSR count). The van der Waals surface area contributed by atoms with E-state index in [-0.39, 0.29) is 11.7 Å². The number of aromatic hydroxyl groups is 1. The standard InChI is InChI=1S/C15H15BrN2O3/c1-18(15(20)10-6-13(19)8-17-7-10)9-11-5-12(16)3-4-14(11)21-2/h3-8,19H,9H2,1-2H3. The molecule has 110 valence electrons. The molecule has 6 heteroatoms. The number of hydrogen-bond acceptors (Lipinski definition) is 4. The number of hydrogen-bond donors (Lipinski definition) is 1. The van der Waals surface area contributed by atoms with Gasteiger partial charge in [-0.2, -0.15) is 0 Å². The molecule has 5 nitrogen and oxygen atoms in total. The second-order valence-corrected chi connectivity index (χ2v) is 5.46. The molecule has 1 amide bonds. The van der Waals surface area contributed by atoms with Crippen molar-refractivity contribution in [3.63, 3.8) is 0 Å². The van der Waals surface area contributed by atoms with Gasteiger partial charge in [0.05, 0.1) is 18.9 Å². The summed E-state index contributed by atoms with van der Waals surface area (Å²) in [5, 5.41) is 9.39. The van der Waals surface area contributed by atoms with Crippen molar-refractivity contribution in [3.8, 4) is 11.5 Å². The van der Waals surface area contributed by atoms with Crippen molar-refractivity contribution >= 4 is 21.8 Å². The van der Waals surface area contributed by atoms with Crippen molar-refractivity contribution in [2.45, 2.75) is 6.54 Å². The predicted octanol–water partition coefficient (Wildman–Crippen LogP) is 2.83. The first kappa shape index (κ1) is 15.3. The van der Waals surface area contributed by atoms with Crippen molar-refractivity contribution in [1.29, 1.82) is 0 Å². The molecule has 0 aliphatic heterocycles. The van der Waals surface area contributed by atoms with Gasteiger partial charge in [0.2, 0.25) is 0 Å². The summed E-state index contributed by atoms with van der Waals surface area (Å²) in [6.45, 7) is 0.386. The van der Waals surface area contributed by atoms with Gasteiger partial charge in [-0.05, 0) is 24.3 Å². The van der Waals surface area contributed by atoms with Crippen LogP contribution in [0.2, 0.25) is 0 Å². The molecule has 0 aliphatic carbocycles. The Balaban J connectivity index is 2.19. The first-order valence-electron chi connectivity index (χ1n) is 6.23. The van der Waals surface area contributed by atoms with Crippen LogP contribution >= 0.6 is 15.9 Å². The minimum atomic E-state index is -0.222. The SMILES string of the molecule is COc1ccc(Br)cc1CN(C)C(=O)c1cncc(O)c1. The highest BCUT2D eigenvalue weighted by Gasteiger charge is 2.15. The first-order chi connectivity index (χ1) is 10.0. The van der Waals surface area contributed by atoms with Gasteiger partial charge in [-0.1, -0.05) is 15.9 Å². The molecule has 21 heavy (non-hydrogen) atoms. The van der Waals surface area contributed by atoms with Gasteiger partial charge < -0.3 is 14.7 Å². The number of nitrogens with zero attached hydrogens (tertiary/aromatic N) is 2. The summed E-state index contributed by atoms with van der Waals surface area (Å²) in [7, 11) is 3.28. The summed E-state index contributed by atoms with van der Waals surface area (Å²) < 4.78 is 6.21. The van der Waals surface area contributed by atoms with E-state index in [0.29, 0.717) is 17.9 Å². The lowest BCUT2D eigenvalue weighted by atomic mass is 10.1. The normalized spacial score (nSPS) is 10.2. The summed E-state index contributed by atoms with van der Waals surface area (Å²) >= 11 is 3.40. The number of amides is 1. The number of carbonyl (C=O) groups excluding carboxylic acids is 1. The maximum absolute atomic E-state index is 12.3. The van der Waals surface area contributed by atoms with Crippen molar-refractivity contribution in [1.82, 2.24) is 9.88 Å². The smallest absolute Gasteiger partial charge is 0.255 e. The van der Waals surface area contributed by atoms with Crippen LogP contribution in [0.1, 0.15) is 15.9 Å². The molecule has 0 saturated heterocycles. The zero-order valence-corrected chi connectivity index (χ0v) is 13.3. The molecule has 1 heterocycles. The van der Waals surface area contributed by atoms with Crippen molar-refractivity contribution in [2.24, 2.45) is 0 Å². The predicted molar refractivity (Wildman–Crippen MR) is 82.4 cm³/mol. The zero-order chi connectivity index (χ0) is 15.4. The third kappa shape index (κ3) is 3.72. The number of benzene rings is 1. The minimum absolute atomic E-state index is 0.0331. The second kappa shape index (κ2) is 6.58. The Bertz CT molecular complexity index is 661. The number of halogens is 1. The summed E-state index contributed by atoms with van der Waals surface area (Å²) in [5.41, 5.74) is 1.22. The van der Waals surface area contributed by atoms with Crippen LogP contribution in [0.5, 0.6) is 11.5 Å². The highest BCUT2D eigenvalue weighted by molar-refractivity contribution is 9.10. The van der Waals surface area contributed by atoms with Crippen LogP contribution in [0, 0.1) is 0 Å². The molecule has 0 atom stereocenters. The van der Waals surface area contributed by atoms with E-state index in [1.807, 2.05) is 18.2 Å². The van der Waals surface area contributed by atoms with Crippen molar-refractivity contribution in [3.05, 3.63) is 52.3 Å². The second-order valence-electron chi connectivity index (χ2n) is 4.55. The van der Waals surface area contributed by atoms with Gasteiger partial charge >= 0.3 is 0 Å². The van der Waals surface area contributed by atoms with Crippen LogP contribution in [0.15, 0.2) is 41.1 Å². The summed E-state index contributed by atoms with van der Waals surface area (Å²) in [6.07, 6.45) is 2.71. The number of carbonyl (C=O) groups is 1. The lowest BCUT2D eigenvalue weighted by Gasteiger charge is -2.19. The number of pyridine rings is 1. The summed E-state index contributed by atoms with van der Waals surface area (Å²) in [5.74, 6) is 0.460. The van der Waals surface area contributed by atoms with Crippen LogP contribution in [0.3, 0.4) is 0 Å². The Morgan fingerprint density at radius 3 is 2.81 bits per heavy atom. The molecule has 0 spiro atoms. The quantitative estimate of drug-likeness (QED) is 0.920. The third-order valence-electron chi connectivity index (χ3n) is 2.97. The topological polar surface area (TPSA) is 62.7 Å². The first-order valence-corrected chi connectivity index (χ1v) is 7.02. The summed E-state index contributed by atoms with van der Waals surface area (Å²) in [4.78, 5) is 17.7. The molecule has 1 aromatic heterocycles. The third-order valence-corrected chi connectivity index (χ3v) is 3.46. The Hall–Kier alpha value is -2.08. The fourth-order valence-corrected chi connectivity index (χ4v) is 2.37. The number of rotatable bonds is 4. The minimum Gasteiger partial charge on any atom is -0.506 e. The maximum Gasteiger partial charge on any atom is 0.255 e. The number of ether oxygens (including phenoxy) is 1. The van der Waals surface area contributed by atoms with Crippen molar-refractivity contribution in [2.75, 3.05) is 14.2 Å². The molecule has 0 unspecified atom stereocenters. The number of methoxy groups -OCH3 is 1. The van der Waals surface area contributed by atoms with Crippen LogP contribution in [0.25, 0.3) is 0 Å². The lowest BCUT2D eigenvalue weighted by Crippen LogP contribution is -2.26. The monoisotopic (exact) mass is 350 g/mol. The van der Waals surface area contributed by atoms with E-state index in [9.17, 15) is 9.90 Å². The Morgan fingerprint density at radius 1 is 1.38 bits per heavy atom. The Labute approximate surface area is 131 Å². The van der Waals surface area contributed by atoms with E-state index in [1.54, 1.807) is 19.1 Å². The van der Waals surface area contributed by atoms with Crippen LogP contribution in [0.4, 0.5) is 0 Å². The van der Waals surface area contributed by atoms with Crippen LogP contribution in [-0.2, 0) is 6.54 Å². The molecule has 0 aliphatic rings. The van der Waals surface area contributed by atoms with E-state index in [0.717, 1.165) is 10.0 Å². The van der Waals surface area contributed by atoms with Gasteiger partial charge in [0.1, 0.15) is 11.5 Å². The van der Waals surface area contributed by atoms with E-state index in [4.69, 9.17) is 4.74 Å². The molecule has 2 aromatic rings. The summed E-state index contributed by atoms with van der Waals surface area (Å²) in [6, 6.07) is 7.02. The van der Waals surface area contributed by atoms with E-state index in [1.165, 1.54) is 18.5 Å². The molecular weight excluding hydrogens is 336 g/mol. The number of aromatic nitrogens is 1.